The molecule has 20 heavy (non-hydrogen) atoms. The molecule has 1 aliphatic rings. The highest BCUT2D eigenvalue weighted by Crippen LogP contribution is 2.27. The number of hydrogen-bond acceptors (Lipinski definition) is 5. The average Bonchev–Trinajstić information content (AvgIpc) is 3.07. The number of sulfonamides is 1. The van der Waals surface area contributed by atoms with E-state index >= 15 is 0 Å². The monoisotopic (exact) mass is 309 g/mol. The van der Waals surface area contributed by atoms with Gasteiger partial charge in [0.15, 0.2) is 0 Å². The standard InChI is InChI=1S/C13H15N3O2S2/c1-16(7-11-8-19-9-15-11)20(17,18)12-3-2-10-4-5-14-13(10)6-12/h2-3,6,8-9,14H,4-5,7H2,1H3. The lowest BCUT2D eigenvalue weighted by Crippen LogP contribution is -2.26. The number of benzene rings is 1. The van der Waals surface area contributed by atoms with Gasteiger partial charge in [-0.25, -0.2) is 13.4 Å². The Morgan fingerprint density at radius 3 is 3.05 bits per heavy atom. The first-order valence-corrected chi connectivity index (χ1v) is 8.66. The maximum atomic E-state index is 12.5. The molecule has 0 radical (unpaired) electrons. The number of nitrogens with one attached hydrogen (secondary N) is 1. The molecule has 0 spiro atoms. The van der Waals surface area contributed by atoms with Gasteiger partial charge in [-0.15, -0.1) is 11.3 Å². The fourth-order valence-electron chi connectivity index (χ4n) is 2.24. The smallest absolute Gasteiger partial charge is 0.243 e. The largest absolute Gasteiger partial charge is 0.384 e. The molecule has 0 saturated carbocycles. The summed E-state index contributed by atoms with van der Waals surface area (Å²) in [5.41, 5.74) is 4.56. The van der Waals surface area contributed by atoms with Crippen molar-refractivity contribution in [3.63, 3.8) is 0 Å². The number of thiazole rings is 1. The normalized spacial score (nSPS) is 14.3. The van der Waals surface area contributed by atoms with Gasteiger partial charge in [-0.2, -0.15) is 4.31 Å². The van der Waals surface area contributed by atoms with E-state index in [-0.39, 0.29) is 6.54 Å². The van der Waals surface area contributed by atoms with Gasteiger partial charge in [0.05, 0.1) is 22.6 Å². The summed E-state index contributed by atoms with van der Waals surface area (Å²) in [6.07, 6.45) is 0.949. The maximum Gasteiger partial charge on any atom is 0.243 e. The van der Waals surface area contributed by atoms with E-state index in [0.717, 1.165) is 24.3 Å². The van der Waals surface area contributed by atoms with E-state index in [4.69, 9.17) is 0 Å². The molecular formula is C13H15N3O2S2. The van der Waals surface area contributed by atoms with Crippen molar-refractivity contribution in [2.75, 3.05) is 18.9 Å². The fraction of sp³-hybridized carbons (Fsp3) is 0.308. The van der Waals surface area contributed by atoms with E-state index in [0.29, 0.717) is 4.90 Å². The second-order valence-electron chi connectivity index (χ2n) is 4.74. The lowest BCUT2D eigenvalue weighted by molar-refractivity contribution is 0.463. The van der Waals surface area contributed by atoms with E-state index in [1.165, 1.54) is 21.2 Å². The molecule has 1 N–H and O–H groups in total. The highest BCUT2D eigenvalue weighted by atomic mass is 32.2. The van der Waals surface area contributed by atoms with Crippen LogP contribution >= 0.6 is 11.3 Å². The van der Waals surface area contributed by atoms with E-state index in [1.54, 1.807) is 24.7 Å². The van der Waals surface area contributed by atoms with Crippen LogP contribution in [0.1, 0.15) is 11.3 Å². The van der Waals surface area contributed by atoms with Crippen LogP contribution in [0.2, 0.25) is 0 Å². The summed E-state index contributed by atoms with van der Waals surface area (Å²) in [6.45, 7) is 1.16. The van der Waals surface area contributed by atoms with Crippen LogP contribution in [0.25, 0.3) is 0 Å². The molecule has 106 valence electrons. The van der Waals surface area contributed by atoms with Gasteiger partial charge in [0.2, 0.25) is 10.0 Å². The van der Waals surface area contributed by atoms with Crippen LogP contribution in [0.5, 0.6) is 0 Å². The second kappa shape index (κ2) is 5.16. The van der Waals surface area contributed by atoms with Crippen molar-refractivity contribution in [2.24, 2.45) is 0 Å². The molecule has 3 rings (SSSR count). The lowest BCUT2D eigenvalue weighted by Gasteiger charge is -2.16. The molecule has 0 amide bonds. The number of fused-ring (bicyclic) bond motifs is 1. The molecule has 1 aromatic carbocycles. The molecule has 0 atom stereocenters. The zero-order chi connectivity index (χ0) is 14.2. The van der Waals surface area contributed by atoms with Crippen molar-refractivity contribution in [1.82, 2.24) is 9.29 Å². The van der Waals surface area contributed by atoms with Gasteiger partial charge in [-0.1, -0.05) is 6.07 Å². The van der Waals surface area contributed by atoms with Gasteiger partial charge >= 0.3 is 0 Å². The minimum atomic E-state index is -3.48. The molecule has 0 unspecified atom stereocenters. The van der Waals surface area contributed by atoms with Crippen molar-refractivity contribution < 1.29 is 8.42 Å². The van der Waals surface area contributed by atoms with Crippen LogP contribution in [-0.4, -0.2) is 31.3 Å². The Morgan fingerprint density at radius 1 is 1.45 bits per heavy atom. The summed E-state index contributed by atoms with van der Waals surface area (Å²) in [6, 6.07) is 5.28. The zero-order valence-corrected chi connectivity index (χ0v) is 12.7. The van der Waals surface area contributed by atoms with E-state index in [9.17, 15) is 8.42 Å². The third kappa shape index (κ3) is 2.44. The van der Waals surface area contributed by atoms with Crippen molar-refractivity contribution >= 4 is 27.0 Å². The summed E-state index contributed by atoms with van der Waals surface area (Å²) in [4.78, 5) is 4.44. The van der Waals surface area contributed by atoms with Crippen LogP contribution in [0, 0.1) is 0 Å². The Kier molecular flexibility index (Phi) is 3.49. The van der Waals surface area contributed by atoms with E-state index in [1.807, 2.05) is 11.4 Å². The number of hydrogen-bond donors (Lipinski definition) is 1. The molecular weight excluding hydrogens is 294 g/mol. The minimum absolute atomic E-state index is 0.288. The Hall–Kier alpha value is -1.44. The van der Waals surface area contributed by atoms with E-state index < -0.39 is 10.0 Å². The molecule has 1 aliphatic heterocycles. The number of nitrogens with zero attached hydrogens (tertiary/aromatic N) is 2. The predicted octanol–water partition coefficient (Wildman–Crippen LogP) is 1.93. The van der Waals surface area contributed by atoms with Crippen LogP contribution < -0.4 is 5.32 Å². The third-order valence-electron chi connectivity index (χ3n) is 3.37. The molecule has 1 aromatic heterocycles. The highest BCUT2D eigenvalue weighted by Gasteiger charge is 2.23. The van der Waals surface area contributed by atoms with Crippen LogP contribution in [-0.2, 0) is 23.0 Å². The van der Waals surface area contributed by atoms with Gasteiger partial charge in [0.1, 0.15) is 0 Å². The Morgan fingerprint density at radius 2 is 2.30 bits per heavy atom. The van der Waals surface area contributed by atoms with Crippen molar-refractivity contribution in [3.8, 4) is 0 Å². The molecule has 0 saturated heterocycles. The highest BCUT2D eigenvalue weighted by molar-refractivity contribution is 7.89. The molecule has 0 bridgehead atoms. The SMILES string of the molecule is CN(Cc1cscn1)S(=O)(=O)c1ccc2c(c1)NCC2. The predicted molar refractivity (Wildman–Crippen MR) is 79.4 cm³/mol. The number of aromatic nitrogens is 1. The Labute approximate surface area is 122 Å². The Bertz CT molecular complexity index is 711. The average molecular weight is 309 g/mol. The van der Waals surface area contributed by atoms with Gasteiger partial charge in [0, 0.05) is 24.7 Å². The molecule has 7 heteroatoms. The summed E-state index contributed by atoms with van der Waals surface area (Å²) in [5, 5.41) is 5.06. The first-order valence-electron chi connectivity index (χ1n) is 6.27. The number of rotatable bonds is 4. The van der Waals surface area contributed by atoms with Gasteiger partial charge in [-0.3, -0.25) is 0 Å². The van der Waals surface area contributed by atoms with Crippen molar-refractivity contribution in [3.05, 3.63) is 40.3 Å². The quantitative estimate of drug-likeness (QED) is 0.937. The molecule has 2 aromatic rings. The summed E-state index contributed by atoms with van der Waals surface area (Å²) in [5.74, 6) is 0. The topological polar surface area (TPSA) is 62.3 Å². The van der Waals surface area contributed by atoms with Gasteiger partial charge < -0.3 is 5.32 Å². The fourth-order valence-corrected chi connectivity index (χ4v) is 3.96. The van der Waals surface area contributed by atoms with Crippen LogP contribution in [0.15, 0.2) is 34.0 Å². The van der Waals surface area contributed by atoms with Gasteiger partial charge in [0.25, 0.3) is 0 Å². The summed E-state index contributed by atoms with van der Waals surface area (Å²) in [7, 11) is -1.90. The Balaban J connectivity index is 1.87. The first kappa shape index (κ1) is 13.5. The van der Waals surface area contributed by atoms with Crippen LogP contribution in [0.3, 0.4) is 0 Å². The molecule has 0 fully saturated rings. The van der Waals surface area contributed by atoms with Gasteiger partial charge in [-0.05, 0) is 24.1 Å². The molecule has 0 aliphatic carbocycles. The zero-order valence-electron chi connectivity index (χ0n) is 11.0. The van der Waals surface area contributed by atoms with Crippen molar-refractivity contribution in [1.29, 1.82) is 0 Å². The third-order valence-corrected chi connectivity index (χ3v) is 5.80. The second-order valence-corrected chi connectivity index (χ2v) is 7.50. The van der Waals surface area contributed by atoms with Crippen LogP contribution in [0.4, 0.5) is 5.69 Å². The molecule has 5 nitrogen and oxygen atoms in total. The summed E-state index contributed by atoms with van der Waals surface area (Å²) < 4.78 is 26.4. The lowest BCUT2D eigenvalue weighted by atomic mass is 10.2. The van der Waals surface area contributed by atoms with Crippen molar-refractivity contribution in [2.45, 2.75) is 17.9 Å². The number of anilines is 1. The minimum Gasteiger partial charge on any atom is -0.384 e. The summed E-state index contributed by atoms with van der Waals surface area (Å²) >= 11 is 1.46. The maximum absolute atomic E-state index is 12.5. The van der Waals surface area contributed by atoms with E-state index in [2.05, 4.69) is 10.3 Å². The first-order chi connectivity index (χ1) is 9.57. The molecule has 2 heterocycles.